The molecule has 3 rings (SSSR count). The van der Waals surface area contributed by atoms with Crippen molar-refractivity contribution in [1.29, 1.82) is 0 Å². The highest BCUT2D eigenvalue weighted by Gasteiger charge is 2.21. The van der Waals surface area contributed by atoms with Crippen LogP contribution in [0, 0.1) is 6.92 Å². The molecule has 0 saturated heterocycles. The number of aromatic nitrogens is 3. The van der Waals surface area contributed by atoms with E-state index in [0.29, 0.717) is 23.2 Å². The summed E-state index contributed by atoms with van der Waals surface area (Å²) in [5, 5.41) is 3.96. The van der Waals surface area contributed by atoms with Crippen LogP contribution in [-0.2, 0) is 23.2 Å². The van der Waals surface area contributed by atoms with Gasteiger partial charge in [0.2, 0.25) is 0 Å². The second kappa shape index (κ2) is 8.21. The second-order valence-corrected chi connectivity index (χ2v) is 7.48. The van der Waals surface area contributed by atoms with Crippen LogP contribution in [-0.4, -0.2) is 21.1 Å². The zero-order valence-corrected chi connectivity index (χ0v) is 16.4. The minimum Gasteiger partial charge on any atom is -0.484 e. The maximum atomic E-state index is 12.0. The monoisotopic (exact) mass is 381 g/mol. The lowest BCUT2D eigenvalue weighted by molar-refractivity contribution is -0.133. The van der Waals surface area contributed by atoms with E-state index >= 15 is 0 Å². The molecule has 7 heteroatoms. The molecule has 0 bridgehead atoms. The van der Waals surface area contributed by atoms with Crippen LogP contribution in [0.2, 0.25) is 0 Å². The van der Waals surface area contributed by atoms with Gasteiger partial charge in [-0.25, -0.2) is 0 Å². The molecule has 0 spiro atoms. The van der Waals surface area contributed by atoms with Gasteiger partial charge in [-0.1, -0.05) is 32.0 Å². The molecule has 0 fully saturated rings. The molecule has 7 nitrogen and oxygen atoms in total. The molecule has 0 saturated carbocycles. The Kier molecular flexibility index (Phi) is 5.73. The molecule has 28 heavy (non-hydrogen) atoms. The van der Waals surface area contributed by atoms with Crippen molar-refractivity contribution in [2.24, 2.45) is 0 Å². The van der Waals surface area contributed by atoms with E-state index in [-0.39, 0.29) is 24.4 Å². The fraction of sp³-hybridized carbons (Fsp3) is 0.333. The van der Waals surface area contributed by atoms with Crippen molar-refractivity contribution in [2.45, 2.75) is 46.1 Å². The first-order chi connectivity index (χ1) is 13.3. The summed E-state index contributed by atoms with van der Waals surface area (Å²) in [4.78, 5) is 20.5. The van der Waals surface area contributed by atoms with Gasteiger partial charge in [0.1, 0.15) is 11.5 Å². The molecule has 0 atom stereocenters. The van der Waals surface area contributed by atoms with Crippen LogP contribution in [0.1, 0.15) is 43.7 Å². The fourth-order valence-electron chi connectivity index (χ4n) is 2.30. The van der Waals surface area contributed by atoms with E-state index in [2.05, 4.69) is 15.1 Å². The van der Waals surface area contributed by atoms with Crippen molar-refractivity contribution in [3.63, 3.8) is 0 Å². The number of esters is 1. The maximum Gasteiger partial charge on any atom is 0.315 e. The molecule has 0 N–H and O–H groups in total. The first kappa shape index (κ1) is 19.5. The molecule has 3 aromatic rings. The molecular formula is C21H23N3O4. The highest BCUT2D eigenvalue weighted by molar-refractivity contribution is 5.75. The minimum absolute atomic E-state index is 0.165. The van der Waals surface area contributed by atoms with E-state index in [0.717, 1.165) is 11.3 Å². The molecule has 146 valence electrons. The van der Waals surface area contributed by atoms with E-state index in [1.54, 1.807) is 30.5 Å². The normalized spacial score (nSPS) is 11.3. The van der Waals surface area contributed by atoms with Crippen molar-refractivity contribution < 1.29 is 18.8 Å². The summed E-state index contributed by atoms with van der Waals surface area (Å²) in [5.41, 5.74) is 1.54. The summed E-state index contributed by atoms with van der Waals surface area (Å²) in [5.74, 6) is 1.76. The summed E-state index contributed by atoms with van der Waals surface area (Å²) >= 11 is 0. The van der Waals surface area contributed by atoms with Gasteiger partial charge in [-0.2, -0.15) is 4.98 Å². The third kappa shape index (κ3) is 5.39. The number of nitrogens with zero attached hydrogens (tertiary/aromatic N) is 3. The topological polar surface area (TPSA) is 87.3 Å². The lowest BCUT2D eigenvalue weighted by Crippen LogP contribution is -2.13. The standard InChI is InChI=1S/C21H23N3O4/c1-14-5-6-15(12-22-14)11-19(25)27-17-9-7-16(8-10-17)26-13-18-23-20(24-28-18)21(2,3)4/h5-10,12H,11,13H2,1-4H3. The number of pyridine rings is 1. The largest absolute Gasteiger partial charge is 0.484 e. The van der Waals surface area contributed by atoms with Gasteiger partial charge in [-0.05, 0) is 42.8 Å². The summed E-state index contributed by atoms with van der Waals surface area (Å²) in [7, 11) is 0. The Morgan fingerprint density at radius 2 is 1.79 bits per heavy atom. The number of carbonyl (C=O) groups is 1. The number of hydrogen-bond donors (Lipinski definition) is 0. The van der Waals surface area contributed by atoms with Crippen molar-refractivity contribution >= 4 is 5.97 Å². The van der Waals surface area contributed by atoms with Crippen molar-refractivity contribution in [1.82, 2.24) is 15.1 Å². The Labute approximate surface area is 163 Å². The van der Waals surface area contributed by atoms with Crippen LogP contribution in [0.4, 0.5) is 0 Å². The van der Waals surface area contributed by atoms with Gasteiger partial charge >= 0.3 is 5.97 Å². The lowest BCUT2D eigenvalue weighted by atomic mass is 9.96. The Morgan fingerprint density at radius 3 is 2.39 bits per heavy atom. The van der Waals surface area contributed by atoms with Crippen LogP contribution in [0.3, 0.4) is 0 Å². The first-order valence-corrected chi connectivity index (χ1v) is 8.98. The predicted octanol–water partition coefficient (Wildman–Crippen LogP) is 3.80. The quantitative estimate of drug-likeness (QED) is 0.474. The van der Waals surface area contributed by atoms with Gasteiger partial charge in [0.15, 0.2) is 12.4 Å². The van der Waals surface area contributed by atoms with Gasteiger partial charge in [0.05, 0.1) is 6.42 Å². The number of benzene rings is 1. The van der Waals surface area contributed by atoms with Gasteiger partial charge in [-0.3, -0.25) is 9.78 Å². The second-order valence-electron chi connectivity index (χ2n) is 7.48. The van der Waals surface area contributed by atoms with Crippen molar-refractivity contribution in [3.8, 4) is 11.5 Å². The van der Waals surface area contributed by atoms with Gasteiger partial charge in [0.25, 0.3) is 5.89 Å². The molecule has 0 amide bonds. The summed E-state index contributed by atoms with van der Waals surface area (Å²) in [6.07, 6.45) is 1.84. The molecule has 0 unspecified atom stereocenters. The molecule has 1 aromatic carbocycles. The number of rotatable bonds is 6. The highest BCUT2D eigenvalue weighted by Crippen LogP contribution is 2.21. The molecular weight excluding hydrogens is 358 g/mol. The Hall–Kier alpha value is -3.22. The Morgan fingerprint density at radius 1 is 1.07 bits per heavy atom. The third-order valence-corrected chi connectivity index (χ3v) is 3.88. The zero-order chi connectivity index (χ0) is 20.1. The van der Waals surface area contributed by atoms with Crippen molar-refractivity contribution in [3.05, 3.63) is 65.6 Å². The number of ether oxygens (including phenoxy) is 2. The van der Waals surface area contributed by atoms with Crippen LogP contribution < -0.4 is 9.47 Å². The Balaban J connectivity index is 1.51. The van der Waals surface area contributed by atoms with Crippen LogP contribution in [0.5, 0.6) is 11.5 Å². The molecule has 0 aliphatic carbocycles. The summed E-state index contributed by atoms with van der Waals surface area (Å²) in [6.45, 7) is 8.10. The van der Waals surface area contributed by atoms with Crippen molar-refractivity contribution in [2.75, 3.05) is 0 Å². The highest BCUT2D eigenvalue weighted by atomic mass is 16.5. The first-order valence-electron chi connectivity index (χ1n) is 8.98. The average Bonchev–Trinajstić information content (AvgIpc) is 3.13. The van der Waals surface area contributed by atoms with Gasteiger partial charge in [0, 0.05) is 17.3 Å². The molecule has 0 aliphatic heterocycles. The maximum absolute atomic E-state index is 12.0. The van der Waals surface area contributed by atoms with Crippen LogP contribution >= 0.6 is 0 Å². The molecule has 0 aliphatic rings. The van der Waals surface area contributed by atoms with E-state index in [9.17, 15) is 4.79 Å². The Bertz CT molecular complexity index is 926. The lowest BCUT2D eigenvalue weighted by Gasteiger charge is -2.10. The van der Waals surface area contributed by atoms with Crippen LogP contribution in [0.25, 0.3) is 0 Å². The van der Waals surface area contributed by atoms with Gasteiger partial charge in [-0.15, -0.1) is 0 Å². The van der Waals surface area contributed by atoms with E-state index in [1.807, 2.05) is 39.8 Å². The number of hydrogen-bond acceptors (Lipinski definition) is 7. The third-order valence-electron chi connectivity index (χ3n) is 3.88. The van der Waals surface area contributed by atoms with E-state index in [4.69, 9.17) is 14.0 Å². The predicted molar refractivity (Wildman–Crippen MR) is 102 cm³/mol. The van der Waals surface area contributed by atoms with E-state index in [1.165, 1.54) is 0 Å². The smallest absolute Gasteiger partial charge is 0.315 e. The van der Waals surface area contributed by atoms with Gasteiger partial charge < -0.3 is 14.0 Å². The molecule has 2 aromatic heterocycles. The average molecular weight is 381 g/mol. The summed E-state index contributed by atoms with van der Waals surface area (Å²) in [6, 6.07) is 10.5. The fourth-order valence-corrected chi connectivity index (χ4v) is 2.30. The van der Waals surface area contributed by atoms with E-state index < -0.39 is 0 Å². The zero-order valence-electron chi connectivity index (χ0n) is 16.4. The van der Waals surface area contributed by atoms with Crippen LogP contribution in [0.15, 0.2) is 47.1 Å². The SMILES string of the molecule is Cc1ccc(CC(=O)Oc2ccc(OCc3nc(C(C)(C)C)no3)cc2)cn1. The molecule has 2 heterocycles. The summed E-state index contributed by atoms with van der Waals surface area (Å²) < 4.78 is 16.2. The molecule has 0 radical (unpaired) electrons. The minimum atomic E-state index is -0.347. The number of aryl methyl sites for hydroxylation is 1. The number of carbonyl (C=O) groups excluding carboxylic acids is 1.